The summed E-state index contributed by atoms with van der Waals surface area (Å²) < 4.78 is 19.3. The highest BCUT2D eigenvalue weighted by Gasteiger charge is 2.35. The minimum Gasteiger partial charge on any atom is -0.466 e. The molecule has 0 aliphatic heterocycles. The first-order valence-electron chi connectivity index (χ1n) is 25.3. The number of esters is 1. The SMILES string of the molecule is CCCCCCCCCCCCCCCCCCOC(=O)CCc1cc(C(C)(C)C)c(OP(O)OC(c2ccc(C)cc2C(C)(C)C)c2ccc(C)cc2C(C)(C)C)c(C(C)(C)C)c1. The Morgan fingerprint density at radius 1 is 0.547 bits per heavy atom. The number of unbranched alkanes of at least 4 members (excludes halogenated alkanes) is 15. The lowest BCUT2D eigenvalue weighted by atomic mass is 9.77. The Hall–Kier alpha value is -2.72. The number of hydrogen-bond acceptors (Lipinski definition) is 5. The molecular weight excluding hydrogens is 808 g/mol. The van der Waals surface area contributed by atoms with E-state index in [1.54, 1.807) is 0 Å². The molecule has 360 valence electrons. The molecule has 0 aromatic heterocycles. The van der Waals surface area contributed by atoms with Crippen LogP contribution < -0.4 is 4.52 Å². The van der Waals surface area contributed by atoms with Gasteiger partial charge in [-0.15, -0.1) is 0 Å². The first-order chi connectivity index (χ1) is 29.9. The Morgan fingerprint density at radius 2 is 0.922 bits per heavy atom. The lowest BCUT2D eigenvalue weighted by Crippen LogP contribution is -2.22. The maximum Gasteiger partial charge on any atom is 0.395 e. The van der Waals surface area contributed by atoms with Gasteiger partial charge in [0.2, 0.25) is 0 Å². The minimum atomic E-state index is -2.41. The smallest absolute Gasteiger partial charge is 0.395 e. The Bertz CT molecular complexity index is 1750. The summed E-state index contributed by atoms with van der Waals surface area (Å²) in [6, 6.07) is 17.4. The van der Waals surface area contributed by atoms with Crippen molar-refractivity contribution in [1.29, 1.82) is 0 Å². The van der Waals surface area contributed by atoms with Crippen molar-refractivity contribution in [2.45, 2.75) is 247 Å². The van der Waals surface area contributed by atoms with Crippen LogP contribution in [0.25, 0.3) is 0 Å². The van der Waals surface area contributed by atoms with Crippen molar-refractivity contribution in [3.63, 3.8) is 0 Å². The van der Waals surface area contributed by atoms with Crippen molar-refractivity contribution in [3.05, 3.63) is 98.6 Å². The van der Waals surface area contributed by atoms with Crippen molar-refractivity contribution in [2.24, 2.45) is 0 Å². The summed E-state index contributed by atoms with van der Waals surface area (Å²) in [5.74, 6) is 0.507. The van der Waals surface area contributed by atoms with Gasteiger partial charge in [0.1, 0.15) is 11.9 Å². The average Bonchev–Trinajstić information content (AvgIpc) is 3.19. The van der Waals surface area contributed by atoms with Crippen LogP contribution in [-0.4, -0.2) is 17.5 Å². The van der Waals surface area contributed by atoms with Crippen molar-refractivity contribution < 1.29 is 23.5 Å². The molecule has 0 amide bonds. The topological polar surface area (TPSA) is 65.0 Å². The fourth-order valence-corrected chi connectivity index (χ4v) is 9.57. The fraction of sp³-hybridized carbons (Fsp3) is 0.672. The van der Waals surface area contributed by atoms with Crippen LogP contribution in [-0.2, 0) is 42.1 Å². The minimum absolute atomic E-state index is 0.148. The predicted octanol–water partition coefficient (Wildman–Crippen LogP) is 17.6. The Morgan fingerprint density at radius 3 is 1.30 bits per heavy atom. The molecule has 0 heterocycles. The van der Waals surface area contributed by atoms with E-state index in [2.05, 4.69) is 152 Å². The van der Waals surface area contributed by atoms with E-state index in [0.717, 1.165) is 40.7 Å². The fourth-order valence-electron chi connectivity index (χ4n) is 8.77. The molecule has 0 bridgehead atoms. The molecule has 0 radical (unpaired) electrons. The van der Waals surface area contributed by atoms with Gasteiger partial charge >= 0.3 is 14.6 Å². The van der Waals surface area contributed by atoms with Gasteiger partial charge in [0.15, 0.2) is 0 Å². The molecule has 0 aliphatic rings. The molecule has 5 nitrogen and oxygen atoms in total. The molecule has 1 unspecified atom stereocenters. The number of ether oxygens (including phenoxy) is 1. The first-order valence-corrected chi connectivity index (χ1v) is 26.5. The summed E-state index contributed by atoms with van der Waals surface area (Å²) in [6.07, 6.45) is 21.5. The lowest BCUT2D eigenvalue weighted by Gasteiger charge is -2.34. The number of rotatable bonds is 26. The van der Waals surface area contributed by atoms with Crippen LogP contribution in [0.1, 0.15) is 255 Å². The van der Waals surface area contributed by atoms with E-state index >= 15 is 0 Å². The molecule has 0 saturated carbocycles. The van der Waals surface area contributed by atoms with Crippen molar-refractivity contribution in [1.82, 2.24) is 0 Å². The third-order valence-corrected chi connectivity index (χ3v) is 13.3. The normalized spacial score (nSPS) is 13.1. The second-order valence-corrected chi connectivity index (χ2v) is 23.9. The van der Waals surface area contributed by atoms with Crippen molar-refractivity contribution in [3.8, 4) is 5.75 Å². The molecule has 3 aromatic rings. The first kappa shape index (κ1) is 55.6. The molecule has 0 aliphatic carbocycles. The zero-order valence-electron chi connectivity index (χ0n) is 43.7. The van der Waals surface area contributed by atoms with Gasteiger partial charge in [-0.1, -0.05) is 246 Å². The van der Waals surface area contributed by atoms with E-state index in [0.29, 0.717) is 25.2 Å². The van der Waals surface area contributed by atoms with Crippen LogP contribution in [0.2, 0.25) is 0 Å². The van der Waals surface area contributed by atoms with Gasteiger partial charge in [-0.2, -0.15) is 0 Å². The largest absolute Gasteiger partial charge is 0.466 e. The number of benzene rings is 3. The summed E-state index contributed by atoms with van der Waals surface area (Å²) in [5, 5.41) is 0. The molecule has 1 N–H and O–H groups in total. The molecule has 0 saturated heterocycles. The average molecular weight is 901 g/mol. The highest BCUT2D eigenvalue weighted by atomic mass is 31.2. The van der Waals surface area contributed by atoms with Crippen LogP contribution in [0.3, 0.4) is 0 Å². The maximum absolute atomic E-state index is 13.0. The van der Waals surface area contributed by atoms with Crippen LogP contribution in [0, 0.1) is 13.8 Å². The molecule has 0 fully saturated rings. The van der Waals surface area contributed by atoms with Gasteiger partial charge in [0.05, 0.1) is 6.61 Å². The molecule has 64 heavy (non-hydrogen) atoms. The van der Waals surface area contributed by atoms with Gasteiger partial charge in [-0.05, 0) is 76.2 Å². The summed E-state index contributed by atoms with van der Waals surface area (Å²) in [7, 11) is -2.41. The van der Waals surface area contributed by atoms with E-state index in [1.807, 2.05) is 0 Å². The summed E-state index contributed by atoms with van der Waals surface area (Å²) in [5.41, 5.74) is 8.84. The highest BCUT2D eigenvalue weighted by molar-refractivity contribution is 7.41. The third-order valence-electron chi connectivity index (χ3n) is 12.6. The van der Waals surface area contributed by atoms with Gasteiger partial charge < -0.3 is 14.2 Å². The number of hydrogen-bond donors (Lipinski definition) is 1. The van der Waals surface area contributed by atoms with E-state index in [9.17, 15) is 9.69 Å². The van der Waals surface area contributed by atoms with Crippen molar-refractivity contribution >= 4 is 14.6 Å². The van der Waals surface area contributed by atoms with Crippen LogP contribution in [0.5, 0.6) is 5.75 Å². The summed E-state index contributed by atoms with van der Waals surface area (Å²) in [6.45, 7) is 33.4. The summed E-state index contributed by atoms with van der Waals surface area (Å²) >= 11 is 0. The van der Waals surface area contributed by atoms with Gasteiger partial charge in [0.25, 0.3) is 0 Å². The highest BCUT2D eigenvalue weighted by Crippen LogP contribution is 2.51. The second kappa shape index (κ2) is 26.0. The molecule has 6 heteroatoms. The lowest BCUT2D eigenvalue weighted by molar-refractivity contribution is -0.143. The van der Waals surface area contributed by atoms with E-state index in [1.165, 1.54) is 112 Å². The number of carbonyl (C=O) groups is 1. The van der Waals surface area contributed by atoms with Crippen molar-refractivity contribution in [2.75, 3.05) is 6.61 Å². The van der Waals surface area contributed by atoms with E-state index in [-0.39, 0.29) is 27.6 Å². The van der Waals surface area contributed by atoms with Gasteiger partial charge in [0, 0.05) is 17.5 Å². The maximum atomic E-state index is 13.0. The number of carbonyl (C=O) groups excluding carboxylic acids is 1. The second-order valence-electron chi connectivity index (χ2n) is 23.0. The molecule has 1 atom stereocenters. The Labute approximate surface area is 394 Å². The van der Waals surface area contributed by atoms with E-state index in [4.69, 9.17) is 13.8 Å². The Kier molecular flexibility index (Phi) is 22.6. The molecular formula is C58H93O5P. The zero-order chi connectivity index (χ0) is 47.7. The monoisotopic (exact) mass is 901 g/mol. The number of aryl methyl sites for hydroxylation is 3. The molecule has 0 spiro atoms. The predicted molar refractivity (Wildman–Crippen MR) is 275 cm³/mol. The molecule has 3 aromatic carbocycles. The van der Waals surface area contributed by atoms with Gasteiger partial charge in [-0.25, -0.2) is 0 Å². The molecule has 3 rings (SSSR count). The quantitative estimate of drug-likeness (QED) is 0.0494. The summed E-state index contributed by atoms with van der Waals surface area (Å²) in [4.78, 5) is 25.1. The van der Waals surface area contributed by atoms with Crippen LogP contribution in [0.15, 0.2) is 48.5 Å². The van der Waals surface area contributed by atoms with Crippen LogP contribution in [0.4, 0.5) is 0 Å². The van der Waals surface area contributed by atoms with E-state index < -0.39 is 14.7 Å². The Balaban J connectivity index is 1.69. The zero-order valence-corrected chi connectivity index (χ0v) is 44.6. The third kappa shape index (κ3) is 18.9. The van der Waals surface area contributed by atoms with Crippen LogP contribution >= 0.6 is 8.60 Å². The standard InChI is InChI=1S/C58H93O5P/c1-16-17-18-19-20-21-22-23-24-25-26-27-28-29-30-31-38-61-52(59)37-34-45-41-50(57(10,11)12)54(51(42-45)58(13,14)15)63-64(60)62-53(46-35-32-43(2)39-48(46)55(4,5)6)47-36-33-44(3)40-49(47)56(7,8)9/h32-33,35-36,39-42,53,60H,16-31,34,37-38H2,1-15H3. The van der Waals surface area contributed by atoms with Gasteiger partial charge in [-0.3, -0.25) is 9.32 Å².